The van der Waals surface area contributed by atoms with Crippen molar-refractivity contribution in [2.45, 2.75) is 0 Å². The van der Waals surface area contributed by atoms with Crippen molar-refractivity contribution >= 4 is 104 Å². The summed E-state index contributed by atoms with van der Waals surface area (Å²) in [6, 6.07) is 42.5. The summed E-state index contributed by atoms with van der Waals surface area (Å²) in [6.45, 7) is -0.00320. The van der Waals surface area contributed by atoms with Gasteiger partial charge in [-0.3, -0.25) is 0 Å². The van der Waals surface area contributed by atoms with E-state index in [1.165, 1.54) is 91.4 Å². The predicted octanol–water partition coefficient (Wildman–Crippen LogP) is 8.95. The molecule has 0 spiro atoms. The molecule has 0 bridgehead atoms. The Morgan fingerprint density at radius 3 is 2.28 bits per heavy atom. The third-order valence-electron chi connectivity index (χ3n) is 10.1. The fraction of sp³-hybridized carbons (Fsp3) is 0. The number of hydrogen-bond donors (Lipinski definition) is 0. The molecular formula is C38H19BN2OS. The van der Waals surface area contributed by atoms with Crippen LogP contribution in [0.1, 0.15) is 0 Å². The molecule has 0 N–H and O–H groups in total. The van der Waals surface area contributed by atoms with Gasteiger partial charge in [-0.1, -0.05) is 97.1 Å². The summed E-state index contributed by atoms with van der Waals surface area (Å²) in [5.74, 6) is 0. The van der Waals surface area contributed by atoms with E-state index in [2.05, 4.69) is 124 Å². The smallest absolute Gasteiger partial charge is 0.336 e. The molecule has 2 aliphatic heterocycles. The van der Waals surface area contributed by atoms with Crippen LogP contribution in [0.25, 0.3) is 91.8 Å². The number of benzene rings is 6. The Balaban J connectivity index is 1.39. The van der Waals surface area contributed by atoms with E-state index in [0.29, 0.717) is 0 Å². The number of hydrogen-bond acceptors (Lipinski definition) is 2. The average Bonchev–Trinajstić information content (AvgIpc) is 3.79. The molecule has 43 heavy (non-hydrogen) atoms. The van der Waals surface area contributed by atoms with Gasteiger partial charge in [0.2, 0.25) is 0 Å². The minimum atomic E-state index is -0.00320. The van der Waals surface area contributed by atoms with Gasteiger partial charge in [0.05, 0.1) is 16.6 Å². The Hall–Kier alpha value is -5.26. The van der Waals surface area contributed by atoms with Gasteiger partial charge in [0.25, 0.3) is 0 Å². The number of fused-ring (bicyclic) bond motifs is 16. The third kappa shape index (κ3) is 2.27. The van der Waals surface area contributed by atoms with Crippen LogP contribution in [-0.4, -0.2) is 15.9 Å². The van der Waals surface area contributed by atoms with Gasteiger partial charge in [-0.25, -0.2) is 0 Å². The fourth-order valence-electron chi connectivity index (χ4n) is 8.54. The minimum absolute atomic E-state index is 0.00320. The van der Waals surface area contributed by atoms with E-state index in [-0.39, 0.29) is 6.85 Å². The molecule has 0 saturated heterocycles. The van der Waals surface area contributed by atoms with Gasteiger partial charge in [-0.15, -0.1) is 11.3 Å². The average molecular weight is 562 g/mol. The Bertz CT molecular complexity index is 2920. The highest BCUT2D eigenvalue weighted by molar-refractivity contribution is 7.26. The van der Waals surface area contributed by atoms with Crippen LogP contribution in [0, 0.1) is 0 Å². The van der Waals surface area contributed by atoms with Gasteiger partial charge in [0, 0.05) is 48.1 Å². The first kappa shape index (κ1) is 21.4. The van der Waals surface area contributed by atoms with E-state index in [1.807, 2.05) is 11.3 Å². The Kier molecular flexibility index (Phi) is 3.50. The largest absolute Gasteiger partial charge is 0.441 e. The highest BCUT2D eigenvalue weighted by Crippen LogP contribution is 2.48. The number of nitrogens with zero attached hydrogens (tertiary/aromatic N) is 2. The standard InChI is InChI=1S/C38H19BN2OS/c1-2-10-21-20(9-1)19-27-22-13-7-14-25-31-23-11-3-5-17-29(23)42-37(31)41(34(22)25)39-28-16-8-15-26-32-24-12-4-6-18-30(24)43-38(32)40(35(26)28)36(21)33(27)39/h1-19H. The number of thiophene rings is 1. The minimum Gasteiger partial charge on any atom is -0.441 e. The zero-order valence-corrected chi connectivity index (χ0v) is 23.6. The molecule has 2 aliphatic rings. The topological polar surface area (TPSA) is 23.0 Å². The summed E-state index contributed by atoms with van der Waals surface area (Å²) in [5.41, 5.74) is 11.1. The molecule has 12 rings (SSSR count). The van der Waals surface area contributed by atoms with Gasteiger partial charge in [-0.2, -0.15) is 0 Å². The number of aromatic nitrogens is 2. The van der Waals surface area contributed by atoms with E-state index in [0.717, 1.165) is 11.3 Å². The molecule has 10 aromatic rings. The lowest BCUT2D eigenvalue weighted by molar-refractivity contribution is 0.651. The second kappa shape index (κ2) is 7.03. The normalized spacial score (nSPS) is 13.5. The van der Waals surface area contributed by atoms with Crippen LogP contribution < -0.4 is 10.9 Å². The first-order chi connectivity index (χ1) is 21.4. The van der Waals surface area contributed by atoms with E-state index >= 15 is 0 Å². The van der Waals surface area contributed by atoms with Crippen LogP contribution in [0.15, 0.2) is 120 Å². The van der Waals surface area contributed by atoms with E-state index < -0.39 is 0 Å². The zero-order valence-electron chi connectivity index (χ0n) is 22.8. The maximum atomic E-state index is 6.79. The monoisotopic (exact) mass is 562 g/mol. The first-order valence-corrected chi connectivity index (χ1v) is 15.6. The molecule has 0 aliphatic carbocycles. The highest BCUT2D eigenvalue weighted by Gasteiger charge is 2.43. The van der Waals surface area contributed by atoms with Crippen LogP contribution in [0.5, 0.6) is 0 Å². The van der Waals surface area contributed by atoms with Crippen molar-refractivity contribution in [3.05, 3.63) is 115 Å². The summed E-state index contributed by atoms with van der Waals surface area (Å²) >= 11 is 1.91. The quantitative estimate of drug-likeness (QED) is 0.169. The molecule has 3 nitrogen and oxygen atoms in total. The molecule has 6 aromatic carbocycles. The maximum Gasteiger partial charge on any atom is 0.336 e. The summed E-state index contributed by atoms with van der Waals surface area (Å²) in [5, 5.41) is 10.3. The van der Waals surface area contributed by atoms with Crippen LogP contribution in [0.2, 0.25) is 0 Å². The van der Waals surface area contributed by atoms with E-state index in [1.54, 1.807) is 0 Å². The van der Waals surface area contributed by atoms with Crippen molar-refractivity contribution in [2.24, 2.45) is 0 Å². The van der Waals surface area contributed by atoms with Crippen molar-refractivity contribution in [1.82, 2.24) is 9.05 Å². The lowest BCUT2D eigenvalue weighted by Crippen LogP contribution is -2.55. The van der Waals surface area contributed by atoms with Crippen LogP contribution >= 0.6 is 11.3 Å². The lowest BCUT2D eigenvalue weighted by atomic mass is 9.45. The predicted molar refractivity (Wildman–Crippen MR) is 182 cm³/mol. The zero-order chi connectivity index (χ0) is 27.6. The Labute approximate surface area is 248 Å². The van der Waals surface area contributed by atoms with Crippen molar-refractivity contribution in [3.8, 4) is 16.8 Å². The fourth-order valence-corrected chi connectivity index (χ4v) is 9.77. The Morgan fingerprint density at radius 1 is 0.605 bits per heavy atom. The second-order valence-electron chi connectivity index (χ2n) is 12.0. The number of rotatable bonds is 0. The van der Waals surface area contributed by atoms with Crippen molar-refractivity contribution in [2.75, 3.05) is 0 Å². The van der Waals surface area contributed by atoms with Crippen LogP contribution in [-0.2, 0) is 0 Å². The molecule has 196 valence electrons. The molecule has 0 radical (unpaired) electrons. The highest BCUT2D eigenvalue weighted by atomic mass is 32.1. The second-order valence-corrected chi connectivity index (χ2v) is 13.0. The first-order valence-electron chi connectivity index (χ1n) is 14.8. The van der Waals surface area contributed by atoms with Gasteiger partial charge < -0.3 is 13.5 Å². The van der Waals surface area contributed by atoms with Crippen molar-refractivity contribution in [3.63, 3.8) is 0 Å². The van der Waals surface area contributed by atoms with E-state index in [4.69, 9.17) is 4.42 Å². The molecule has 6 heterocycles. The molecule has 0 amide bonds. The molecule has 5 heteroatoms. The van der Waals surface area contributed by atoms with Gasteiger partial charge in [-0.05, 0) is 40.1 Å². The van der Waals surface area contributed by atoms with Gasteiger partial charge in [0.15, 0.2) is 5.71 Å². The maximum absolute atomic E-state index is 6.79. The summed E-state index contributed by atoms with van der Waals surface area (Å²) in [7, 11) is 0. The van der Waals surface area contributed by atoms with Crippen molar-refractivity contribution < 1.29 is 4.42 Å². The molecule has 0 unspecified atom stereocenters. The summed E-state index contributed by atoms with van der Waals surface area (Å²) in [6.07, 6.45) is 0. The summed E-state index contributed by atoms with van der Waals surface area (Å²) < 4.78 is 13.3. The summed E-state index contributed by atoms with van der Waals surface area (Å²) in [4.78, 5) is 1.33. The van der Waals surface area contributed by atoms with Crippen LogP contribution in [0.4, 0.5) is 0 Å². The Morgan fingerprint density at radius 2 is 1.35 bits per heavy atom. The number of para-hydroxylation sites is 3. The number of furan rings is 1. The molecule has 0 fully saturated rings. The van der Waals surface area contributed by atoms with Gasteiger partial charge in [0.1, 0.15) is 10.4 Å². The molecule has 4 aromatic heterocycles. The lowest BCUT2D eigenvalue weighted by Gasteiger charge is -2.34. The van der Waals surface area contributed by atoms with E-state index in [9.17, 15) is 0 Å². The van der Waals surface area contributed by atoms with Gasteiger partial charge >= 0.3 is 6.85 Å². The third-order valence-corrected chi connectivity index (χ3v) is 11.2. The molecule has 0 atom stereocenters. The molecule has 0 saturated carbocycles. The molecular weight excluding hydrogens is 543 g/mol. The van der Waals surface area contributed by atoms with Crippen LogP contribution in [0.3, 0.4) is 0 Å². The SMILES string of the molecule is c1ccc2c3c4c(cc2c1)-c1cccc2c5c6ccccc6oc5n(c12)B4c1cccc2c4c5ccccc5sc4n-3c12. The van der Waals surface area contributed by atoms with Crippen molar-refractivity contribution in [1.29, 1.82) is 0 Å².